The first kappa shape index (κ1) is 28.4. The van der Waals surface area contributed by atoms with Gasteiger partial charge < -0.3 is 18.9 Å². The van der Waals surface area contributed by atoms with E-state index in [9.17, 15) is 9.59 Å². The molecule has 0 N–H and O–H groups in total. The number of methoxy groups -OCH3 is 2. The van der Waals surface area contributed by atoms with Crippen molar-refractivity contribution >= 4 is 34.2 Å². The number of allylic oxidation sites excluding steroid dienone is 1. The molecule has 1 amide bonds. The molecule has 1 atom stereocenters. The maximum absolute atomic E-state index is 14.3. The molecule has 9 heteroatoms. The van der Waals surface area contributed by atoms with Crippen molar-refractivity contribution in [2.45, 2.75) is 46.7 Å². The summed E-state index contributed by atoms with van der Waals surface area (Å²) in [5, 5.41) is 1.08. The van der Waals surface area contributed by atoms with Crippen molar-refractivity contribution in [1.29, 1.82) is 0 Å². The number of thiazole rings is 1. The van der Waals surface area contributed by atoms with Gasteiger partial charge in [0.05, 0.1) is 30.0 Å². The summed E-state index contributed by atoms with van der Waals surface area (Å²) in [5.74, 6) is 1.01. The number of hydrogen-bond acceptors (Lipinski definition) is 6. The summed E-state index contributed by atoms with van der Waals surface area (Å²) >= 11 is 1.33. The molecule has 41 heavy (non-hydrogen) atoms. The summed E-state index contributed by atoms with van der Waals surface area (Å²) in [6.07, 6.45) is 4.03. The number of fused-ring (bicyclic) bond motifs is 2. The molecular formula is C32H36N4O4S. The minimum atomic E-state index is -0.733. The number of carbonyl (C=O) groups excluding carboxylic acids is 1. The van der Waals surface area contributed by atoms with Crippen LogP contribution in [0.25, 0.3) is 17.0 Å². The molecule has 0 fully saturated rings. The quantitative estimate of drug-likeness (QED) is 0.308. The average Bonchev–Trinajstić information content (AvgIpc) is 3.49. The number of ether oxygens (including phenoxy) is 2. The molecule has 0 bridgehead atoms. The molecule has 1 aliphatic heterocycles. The molecular weight excluding hydrogens is 536 g/mol. The van der Waals surface area contributed by atoms with Crippen molar-refractivity contribution in [1.82, 2.24) is 14.0 Å². The van der Waals surface area contributed by atoms with E-state index in [1.54, 1.807) is 35.8 Å². The highest BCUT2D eigenvalue weighted by Gasteiger charge is 2.36. The lowest BCUT2D eigenvalue weighted by Crippen LogP contribution is -2.43. The van der Waals surface area contributed by atoms with E-state index in [1.165, 1.54) is 11.3 Å². The van der Waals surface area contributed by atoms with E-state index >= 15 is 0 Å². The highest BCUT2D eigenvalue weighted by atomic mass is 32.1. The topological polar surface area (TPSA) is 78.1 Å². The summed E-state index contributed by atoms with van der Waals surface area (Å²) in [5.41, 5.74) is 3.58. The molecule has 2 aromatic carbocycles. The van der Waals surface area contributed by atoms with Crippen LogP contribution < -0.4 is 24.4 Å². The molecule has 0 unspecified atom stereocenters. The van der Waals surface area contributed by atoms with Gasteiger partial charge in [-0.3, -0.25) is 14.2 Å². The van der Waals surface area contributed by atoms with Gasteiger partial charge in [0, 0.05) is 47.4 Å². The lowest BCUT2D eigenvalue weighted by atomic mass is 9.93. The fourth-order valence-corrected chi connectivity index (χ4v) is 6.58. The van der Waals surface area contributed by atoms with Crippen LogP contribution in [0.4, 0.5) is 0 Å². The SMILES string of the molecule is CCN(CC)C(=O)C1=C(C)N=c2s/c(=C/c3cn(C(C)C)c4ccccc34)c(=O)n2[C@@H]1c1cc(OC)ccc1OC. The Hall–Kier alpha value is -4.11. The normalized spacial score (nSPS) is 15.3. The van der Waals surface area contributed by atoms with Crippen molar-refractivity contribution in [3.8, 4) is 11.5 Å². The van der Waals surface area contributed by atoms with Crippen molar-refractivity contribution in [2.24, 2.45) is 4.99 Å². The Morgan fingerprint density at radius 1 is 1.12 bits per heavy atom. The van der Waals surface area contributed by atoms with Crippen LogP contribution in [-0.4, -0.2) is 47.3 Å². The third kappa shape index (κ3) is 4.88. The summed E-state index contributed by atoms with van der Waals surface area (Å²) in [4.78, 5) is 35.3. The van der Waals surface area contributed by atoms with Crippen LogP contribution >= 0.6 is 11.3 Å². The fraction of sp³-hybridized carbons (Fsp3) is 0.344. The van der Waals surface area contributed by atoms with Crippen LogP contribution in [0, 0.1) is 0 Å². The number of nitrogens with zero attached hydrogens (tertiary/aromatic N) is 4. The minimum Gasteiger partial charge on any atom is -0.497 e. The number of rotatable bonds is 8. The zero-order chi connectivity index (χ0) is 29.4. The summed E-state index contributed by atoms with van der Waals surface area (Å²) < 4.78 is 15.7. The number of aromatic nitrogens is 2. The second-order valence-electron chi connectivity index (χ2n) is 10.3. The predicted octanol–water partition coefficient (Wildman–Crippen LogP) is 4.66. The maximum Gasteiger partial charge on any atom is 0.271 e. The Morgan fingerprint density at radius 2 is 1.85 bits per heavy atom. The van der Waals surface area contributed by atoms with E-state index in [0.717, 1.165) is 16.5 Å². The van der Waals surface area contributed by atoms with E-state index in [2.05, 4.69) is 36.7 Å². The number of carbonyl (C=O) groups is 1. The lowest BCUT2D eigenvalue weighted by molar-refractivity contribution is -0.127. The van der Waals surface area contributed by atoms with Crippen LogP contribution in [-0.2, 0) is 4.79 Å². The van der Waals surface area contributed by atoms with Crippen LogP contribution in [0.2, 0.25) is 0 Å². The first-order valence-electron chi connectivity index (χ1n) is 13.9. The molecule has 3 heterocycles. The van der Waals surface area contributed by atoms with Crippen molar-refractivity contribution in [2.75, 3.05) is 27.3 Å². The van der Waals surface area contributed by atoms with Gasteiger partial charge in [-0.15, -0.1) is 0 Å². The van der Waals surface area contributed by atoms with Crippen molar-refractivity contribution in [3.05, 3.63) is 90.7 Å². The molecule has 0 spiro atoms. The van der Waals surface area contributed by atoms with E-state index in [1.807, 2.05) is 45.0 Å². The fourth-order valence-electron chi connectivity index (χ4n) is 5.54. The Kier molecular flexibility index (Phi) is 7.91. The van der Waals surface area contributed by atoms with Gasteiger partial charge in [0.1, 0.15) is 17.5 Å². The van der Waals surface area contributed by atoms with Crippen molar-refractivity contribution in [3.63, 3.8) is 0 Å². The Morgan fingerprint density at radius 3 is 2.51 bits per heavy atom. The van der Waals surface area contributed by atoms with Crippen LogP contribution in [0.3, 0.4) is 0 Å². The molecule has 0 radical (unpaired) electrons. The van der Waals surface area contributed by atoms with Gasteiger partial charge in [0.2, 0.25) is 0 Å². The zero-order valence-corrected chi connectivity index (χ0v) is 25.4. The number of hydrogen-bond donors (Lipinski definition) is 0. The number of amides is 1. The van der Waals surface area contributed by atoms with Gasteiger partial charge in [-0.05, 0) is 65.0 Å². The highest BCUT2D eigenvalue weighted by Crippen LogP contribution is 2.38. The molecule has 4 aromatic rings. The molecule has 1 aliphatic rings. The summed E-state index contributed by atoms with van der Waals surface area (Å²) in [7, 11) is 3.18. The van der Waals surface area contributed by atoms with E-state index in [-0.39, 0.29) is 17.5 Å². The standard InChI is InChI=1S/C32H36N4O4S/c1-8-34(9-2)31(38)28-20(5)33-32-36(29(28)24-17-22(39-6)14-15-26(24)40-7)30(37)27(41-32)16-21-18-35(19(3)4)25-13-11-10-12-23(21)25/h10-19,29H,8-9H2,1-7H3/b27-16+/t29-/m1/s1. The molecule has 0 saturated heterocycles. The summed E-state index contributed by atoms with van der Waals surface area (Å²) in [6.45, 7) is 11.1. The third-order valence-electron chi connectivity index (χ3n) is 7.65. The molecule has 214 valence electrons. The minimum absolute atomic E-state index is 0.152. The van der Waals surface area contributed by atoms with Crippen molar-refractivity contribution < 1.29 is 14.3 Å². The van der Waals surface area contributed by atoms with E-state index in [4.69, 9.17) is 14.5 Å². The molecule has 0 aliphatic carbocycles. The number of para-hydroxylation sites is 1. The van der Waals surface area contributed by atoms with Crippen LogP contribution in [0.5, 0.6) is 11.5 Å². The zero-order valence-electron chi connectivity index (χ0n) is 24.6. The summed E-state index contributed by atoms with van der Waals surface area (Å²) in [6, 6.07) is 13.2. The first-order chi connectivity index (χ1) is 19.7. The number of likely N-dealkylation sites (N-methyl/N-ethyl adjacent to an activating group) is 1. The first-order valence-corrected chi connectivity index (χ1v) is 14.7. The van der Waals surface area contributed by atoms with Gasteiger partial charge in [-0.2, -0.15) is 0 Å². The molecule has 0 saturated carbocycles. The van der Waals surface area contributed by atoms with Crippen LogP contribution in [0.1, 0.15) is 57.8 Å². The second-order valence-corrected chi connectivity index (χ2v) is 11.3. The Balaban J connectivity index is 1.80. The maximum atomic E-state index is 14.3. The van der Waals surface area contributed by atoms with Gasteiger partial charge in [0.25, 0.3) is 11.5 Å². The highest BCUT2D eigenvalue weighted by molar-refractivity contribution is 7.07. The number of benzene rings is 2. The van der Waals surface area contributed by atoms with Gasteiger partial charge in [-0.1, -0.05) is 29.5 Å². The second kappa shape index (κ2) is 11.4. The third-order valence-corrected chi connectivity index (χ3v) is 8.63. The van der Waals surface area contributed by atoms with Crippen LogP contribution in [0.15, 0.2) is 69.7 Å². The predicted molar refractivity (Wildman–Crippen MR) is 164 cm³/mol. The van der Waals surface area contributed by atoms with Gasteiger partial charge in [-0.25, -0.2) is 4.99 Å². The Labute approximate surface area is 243 Å². The van der Waals surface area contributed by atoms with Gasteiger partial charge >= 0.3 is 0 Å². The average molecular weight is 573 g/mol. The smallest absolute Gasteiger partial charge is 0.271 e. The molecule has 2 aromatic heterocycles. The molecule has 8 nitrogen and oxygen atoms in total. The lowest BCUT2D eigenvalue weighted by Gasteiger charge is -2.30. The van der Waals surface area contributed by atoms with E-state index < -0.39 is 6.04 Å². The monoisotopic (exact) mass is 572 g/mol. The Bertz CT molecular complexity index is 1840. The van der Waals surface area contributed by atoms with E-state index in [0.29, 0.717) is 50.8 Å². The largest absolute Gasteiger partial charge is 0.497 e. The molecule has 5 rings (SSSR count). The van der Waals surface area contributed by atoms with Gasteiger partial charge in [0.15, 0.2) is 4.80 Å².